The third-order valence-corrected chi connectivity index (χ3v) is 4.94. The predicted octanol–water partition coefficient (Wildman–Crippen LogP) is 4.95. The van der Waals surface area contributed by atoms with Gasteiger partial charge in [0.05, 0.1) is 19.8 Å². The molecule has 162 valence electrons. The standard InChI is InChI=1S/C26H29NO4/c1-20(31-26(28)23-14-15-24(29-2)25(16-23)30-3)17-27(18-21-10-6-4-7-11-21)19-22-12-8-5-9-13-22/h4-16,20H,17-19H2,1-3H3. The smallest absolute Gasteiger partial charge is 0.338 e. The van der Waals surface area contributed by atoms with Gasteiger partial charge in [0.25, 0.3) is 0 Å². The lowest BCUT2D eigenvalue weighted by atomic mass is 10.1. The summed E-state index contributed by atoms with van der Waals surface area (Å²) in [6.45, 7) is 4.08. The van der Waals surface area contributed by atoms with Gasteiger partial charge in [0.15, 0.2) is 11.5 Å². The van der Waals surface area contributed by atoms with Crippen molar-refractivity contribution in [2.24, 2.45) is 0 Å². The van der Waals surface area contributed by atoms with E-state index in [0.29, 0.717) is 23.6 Å². The lowest BCUT2D eigenvalue weighted by Crippen LogP contribution is -2.33. The number of carbonyl (C=O) groups is 1. The van der Waals surface area contributed by atoms with E-state index in [1.165, 1.54) is 11.1 Å². The van der Waals surface area contributed by atoms with Crippen LogP contribution in [-0.4, -0.2) is 37.7 Å². The Labute approximate surface area is 184 Å². The predicted molar refractivity (Wildman–Crippen MR) is 121 cm³/mol. The first-order valence-corrected chi connectivity index (χ1v) is 10.3. The maximum absolute atomic E-state index is 12.7. The van der Waals surface area contributed by atoms with Crippen LogP contribution in [0.25, 0.3) is 0 Å². The number of esters is 1. The van der Waals surface area contributed by atoms with Crippen LogP contribution < -0.4 is 9.47 Å². The molecule has 0 saturated heterocycles. The molecule has 5 nitrogen and oxygen atoms in total. The second-order valence-electron chi connectivity index (χ2n) is 7.43. The zero-order valence-corrected chi connectivity index (χ0v) is 18.3. The van der Waals surface area contributed by atoms with Gasteiger partial charge in [-0.1, -0.05) is 60.7 Å². The minimum atomic E-state index is -0.382. The number of hydrogen-bond acceptors (Lipinski definition) is 5. The van der Waals surface area contributed by atoms with Crippen LogP contribution in [0.2, 0.25) is 0 Å². The van der Waals surface area contributed by atoms with Gasteiger partial charge in [-0.05, 0) is 36.2 Å². The molecule has 0 N–H and O–H groups in total. The SMILES string of the molecule is COc1ccc(C(=O)OC(C)CN(Cc2ccccc2)Cc2ccccc2)cc1OC. The molecule has 1 unspecified atom stereocenters. The molecule has 0 amide bonds. The molecule has 1 atom stereocenters. The van der Waals surface area contributed by atoms with Crippen LogP contribution in [0.15, 0.2) is 78.9 Å². The highest BCUT2D eigenvalue weighted by Crippen LogP contribution is 2.28. The highest BCUT2D eigenvalue weighted by molar-refractivity contribution is 5.90. The summed E-state index contributed by atoms with van der Waals surface area (Å²) < 4.78 is 16.3. The van der Waals surface area contributed by atoms with E-state index >= 15 is 0 Å². The maximum atomic E-state index is 12.7. The molecule has 3 aromatic carbocycles. The van der Waals surface area contributed by atoms with E-state index in [2.05, 4.69) is 29.2 Å². The largest absolute Gasteiger partial charge is 0.493 e. The van der Waals surface area contributed by atoms with Gasteiger partial charge in [0.1, 0.15) is 6.10 Å². The molecular formula is C26H29NO4. The molecule has 0 aliphatic carbocycles. The van der Waals surface area contributed by atoms with Crippen molar-refractivity contribution in [2.75, 3.05) is 20.8 Å². The van der Waals surface area contributed by atoms with Crippen LogP contribution in [0.3, 0.4) is 0 Å². The lowest BCUT2D eigenvalue weighted by molar-refractivity contribution is 0.0237. The van der Waals surface area contributed by atoms with E-state index in [1.807, 2.05) is 43.3 Å². The lowest BCUT2D eigenvalue weighted by Gasteiger charge is -2.26. The van der Waals surface area contributed by atoms with Crippen molar-refractivity contribution < 1.29 is 19.0 Å². The quantitative estimate of drug-likeness (QED) is 0.435. The summed E-state index contributed by atoms with van der Waals surface area (Å²) in [6, 6.07) is 25.6. The molecule has 0 bridgehead atoms. The van der Waals surface area contributed by atoms with Crippen molar-refractivity contribution in [3.63, 3.8) is 0 Å². The normalized spacial score (nSPS) is 11.7. The molecule has 31 heavy (non-hydrogen) atoms. The number of rotatable bonds is 10. The van der Waals surface area contributed by atoms with Crippen molar-refractivity contribution >= 4 is 5.97 Å². The fraction of sp³-hybridized carbons (Fsp3) is 0.269. The van der Waals surface area contributed by atoms with Gasteiger partial charge in [0, 0.05) is 19.6 Å². The van der Waals surface area contributed by atoms with E-state index in [-0.39, 0.29) is 12.1 Å². The Hall–Kier alpha value is -3.31. The van der Waals surface area contributed by atoms with Crippen LogP contribution in [0, 0.1) is 0 Å². The first-order valence-electron chi connectivity index (χ1n) is 10.3. The van der Waals surface area contributed by atoms with Crippen molar-refractivity contribution in [3.8, 4) is 11.5 Å². The monoisotopic (exact) mass is 419 g/mol. The molecule has 0 heterocycles. The molecule has 0 aromatic heterocycles. The Morgan fingerprint density at radius 1 is 0.806 bits per heavy atom. The summed E-state index contributed by atoms with van der Waals surface area (Å²) in [5.41, 5.74) is 2.87. The first kappa shape index (κ1) is 22.4. The Morgan fingerprint density at radius 3 is 1.87 bits per heavy atom. The molecule has 0 radical (unpaired) electrons. The maximum Gasteiger partial charge on any atom is 0.338 e. The molecule has 0 saturated carbocycles. The van der Waals surface area contributed by atoms with Crippen molar-refractivity contribution in [2.45, 2.75) is 26.1 Å². The number of hydrogen-bond donors (Lipinski definition) is 0. The van der Waals surface area contributed by atoms with Gasteiger partial charge in [-0.25, -0.2) is 4.79 Å². The molecule has 0 spiro atoms. The minimum absolute atomic E-state index is 0.284. The minimum Gasteiger partial charge on any atom is -0.493 e. The summed E-state index contributed by atoms with van der Waals surface area (Å²) in [7, 11) is 3.10. The third kappa shape index (κ3) is 6.59. The Bertz CT molecular complexity index is 918. The Morgan fingerprint density at radius 2 is 1.35 bits per heavy atom. The molecule has 0 fully saturated rings. The highest BCUT2D eigenvalue weighted by atomic mass is 16.5. The summed E-state index contributed by atoms with van der Waals surface area (Å²) in [5, 5.41) is 0. The number of benzene rings is 3. The van der Waals surface area contributed by atoms with Crippen molar-refractivity contribution in [3.05, 3.63) is 95.6 Å². The second-order valence-corrected chi connectivity index (χ2v) is 7.43. The van der Waals surface area contributed by atoms with Crippen molar-refractivity contribution in [1.29, 1.82) is 0 Å². The van der Waals surface area contributed by atoms with Crippen LogP contribution in [0.5, 0.6) is 11.5 Å². The Balaban J connectivity index is 1.67. The van der Waals surface area contributed by atoms with Gasteiger partial charge < -0.3 is 14.2 Å². The number of carbonyl (C=O) groups excluding carboxylic acids is 1. The average molecular weight is 420 g/mol. The van der Waals surface area contributed by atoms with E-state index in [0.717, 1.165) is 13.1 Å². The molecule has 3 rings (SSSR count). The van der Waals surface area contributed by atoms with Gasteiger partial charge in [0.2, 0.25) is 0 Å². The average Bonchev–Trinajstić information content (AvgIpc) is 2.79. The summed E-state index contributed by atoms with van der Waals surface area (Å²) in [6.07, 6.45) is -0.284. The van der Waals surface area contributed by atoms with Gasteiger partial charge in [-0.3, -0.25) is 4.90 Å². The third-order valence-electron chi connectivity index (χ3n) is 4.94. The van der Waals surface area contributed by atoms with E-state index in [4.69, 9.17) is 14.2 Å². The zero-order chi connectivity index (χ0) is 22.1. The van der Waals surface area contributed by atoms with E-state index < -0.39 is 0 Å². The fourth-order valence-corrected chi connectivity index (χ4v) is 3.48. The van der Waals surface area contributed by atoms with Gasteiger partial charge >= 0.3 is 5.97 Å². The Kier molecular flexibility index (Phi) is 8.07. The number of methoxy groups -OCH3 is 2. The highest BCUT2D eigenvalue weighted by Gasteiger charge is 2.18. The van der Waals surface area contributed by atoms with Crippen LogP contribution >= 0.6 is 0 Å². The van der Waals surface area contributed by atoms with Gasteiger partial charge in [-0.2, -0.15) is 0 Å². The molecular weight excluding hydrogens is 390 g/mol. The first-order chi connectivity index (χ1) is 15.1. The molecule has 0 aliphatic heterocycles. The summed E-state index contributed by atoms with van der Waals surface area (Å²) in [5.74, 6) is 0.691. The molecule has 5 heteroatoms. The molecule has 3 aromatic rings. The van der Waals surface area contributed by atoms with Crippen molar-refractivity contribution in [1.82, 2.24) is 4.90 Å². The second kappa shape index (κ2) is 11.2. The summed E-state index contributed by atoms with van der Waals surface area (Å²) >= 11 is 0. The summed E-state index contributed by atoms with van der Waals surface area (Å²) in [4.78, 5) is 15.0. The van der Waals surface area contributed by atoms with E-state index in [9.17, 15) is 4.79 Å². The zero-order valence-electron chi connectivity index (χ0n) is 18.3. The van der Waals surface area contributed by atoms with Crippen LogP contribution in [-0.2, 0) is 17.8 Å². The van der Waals surface area contributed by atoms with E-state index in [1.54, 1.807) is 32.4 Å². The number of nitrogens with zero attached hydrogens (tertiary/aromatic N) is 1. The fourth-order valence-electron chi connectivity index (χ4n) is 3.48. The molecule has 0 aliphatic rings. The number of ether oxygens (including phenoxy) is 3. The van der Waals surface area contributed by atoms with Gasteiger partial charge in [-0.15, -0.1) is 0 Å². The van der Waals surface area contributed by atoms with Crippen LogP contribution in [0.4, 0.5) is 0 Å². The van der Waals surface area contributed by atoms with Crippen LogP contribution in [0.1, 0.15) is 28.4 Å². The topological polar surface area (TPSA) is 48.0 Å².